The molecule has 1 aliphatic rings. The van der Waals surface area contributed by atoms with Gasteiger partial charge in [-0.25, -0.2) is 0 Å². The number of rotatable bonds is 1. The average molecular weight is 152 g/mol. The molecule has 2 rings (SSSR count). The molecule has 0 aliphatic heterocycles. The molecular weight excluding hydrogens is 140 g/mol. The summed E-state index contributed by atoms with van der Waals surface area (Å²) in [5.41, 5.74) is 7.74. The molecule has 0 aromatic carbocycles. The molecule has 0 amide bonds. The molecule has 60 valence electrons. The second-order valence-corrected chi connectivity index (χ2v) is 3.17. The average Bonchev–Trinajstić information content (AvgIpc) is 2.15. The summed E-state index contributed by atoms with van der Waals surface area (Å²) in [6.45, 7) is 1.95. The highest BCUT2D eigenvalue weighted by molar-refractivity contribution is 5.42. The summed E-state index contributed by atoms with van der Waals surface area (Å²) in [6.07, 6.45) is 3.80. The van der Waals surface area contributed by atoms with E-state index < -0.39 is 0 Å². The quantitative estimate of drug-likeness (QED) is 0.667. The number of hydrogen-bond acceptors (Lipinski definition) is 3. The van der Waals surface area contributed by atoms with E-state index in [1.807, 2.05) is 6.92 Å². The van der Waals surface area contributed by atoms with Crippen LogP contribution in [0.2, 0.25) is 0 Å². The first-order valence-electron chi connectivity index (χ1n) is 4.00. The molecule has 3 nitrogen and oxygen atoms in total. The second kappa shape index (κ2) is 2.26. The highest BCUT2D eigenvalue weighted by Gasteiger charge is 2.26. The van der Waals surface area contributed by atoms with E-state index >= 15 is 0 Å². The zero-order chi connectivity index (χ0) is 7.84. The van der Waals surface area contributed by atoms with E-state index in [-0.39, 0.29) is 0 Å². The van der Waals surface area contributed by atoms with Crippen LogP contribution in [0, 0.1) is 6.92 Å². The number of aryl methyl sites for hydroxylation is 1. The number of hydrogen-bond donors (Lipinski definition) is 1. The Kier molecular flexibility index (Phi) is 1.37. The number of nitrogens with two attached hydrogens (primary N) is 1. The maximum Gasteiger partial charge on any atom is 0.225 e. The Hall–Kier alpha value is -0.990. The lowest BCUT2D eigenvalue weighted by molar-refractivity contribution is 0.412. The number of nitrogen functional groups attached to an aromatic ring is 1. The maximum absolute atomic E-state index is 5.62. The topological polar surface area (TPSA) is 52.0 Å². The first-order valence-corrected chi connectivity index (χ1v) is 4.00. The lowest BCUT2D eigenvalue weighted by Crippen LogP contribution is -2.10. The minimum Gasteiger partial charge on any atom is -0.367 e. The third-order valence-corrected chi connectivity index (χ3v) is 2.45. The monoisotopic (exact) mass is 152 g/mol. The van der Waals surface area contributed by atoms with Crippen molar-refractivity contribution < 1.29 is 4.52 Å². The Labute approximate surface area is 65.6 Å². The van der Waals surface area contributed by atoms with Gasteiger partial charge in [-0.05, 0) is 25.7 Å². The van der Waals surface area contributed by atoms with Crippen LogP contribution in [-0.4, -0.2) is 5.16 Å². The number of nitrogens with zero attached hydrogens (tertiary/aromatic N) is 1. The fourth-order valence-corrected chi connectivity index (χ4v) is 1.59. The number of anilines is 1. The van der Waals surface area contributed by atoms with Gasteiger partial charge in [-0.3, -0.25) is 0 Å². The standard InChI is InChI=1S/C8H12N2O/c1-5-7(6-3-2-4-6)8(9)11-10-5/h6H,2-4,9H2,1H3. The molecule has 1 heterocycles. The fraction of sp³-hybridized carbons (Fsp3) is 0.625. The van der Waals surface area contributed by atoms with Crippen LogP contribution in [0.25, 0.3) is 0 Å². The van der Waals surface area contributed by atoms with Gasteiger partial charge in [0.15, 0.2) is 0 Å². The molecule has 11 heavy (non-hydrogen) atoms. The third kappa shape index (κ3) is 0.914. The molecule has 1 aromatic heterocycles. The summed E-state index contributed by atoms with van der Waals surface area (Å²) in [5.74, 6) is 1.15. The fourth-order valence-electron chi connectivity index (χ4n) is 1.59. The van der Waals surface area contributed by atoms with Crippen LogP contribution in [0.1, 0.15) is 36.4 Å². The van der Waals surface area contributed by atoms with Gasteiger partial charge in [0.2, 0.25) is 5.88 Å². The van der Waals surface area contributed by atoms with Crippen LogP contribution in [0.4, 0.5) is 5.88 Å². The molecule has 0 radical (unpaired) electrons. The van der Waals surface area contributed by atoms with Crippen LogP contribution in [0.15, 0.2) is 4.52 Å². The van der Waals surface area contributed by atoms with Crippen LogP contribution < -0.4 is 5.73 Å². The minimum absolute atomic E-state index is 0.521. The Morgan fingerprint density at radius 2 is 2.27 bits per heavy atom. The molecule has 1 saturated carbocycles. The summed E-state index contributed by atoms with van der Waals surface area (Å²) in [7, 11) is 0. The smallest absolute Gasteiger partial charge is 0.225 e. The van der Waals surface area contributed by atoms with Gasteiger partial charge >= 0.3 is 0 Å². The Balaban J connectivity index is 2.33. The second-order valence-electron chi connectivity index (χ2n) is 3.17. The summed E-state index contributed by atoms with van der Waals surface area (Å²) in [4.78, 5) is 0. The van der Waals surface area contributed by atoms with Crippen LogP contribution >= 0.6 is 0 Å². The number of aromatic nitrogens is 1. The van der Waals surface area contributed by atoms with Crippen molar-refractivity contribution in [3.8, 4) is 0 Å². The van der Waals surface area contributed by atoms with E-state index in [0.717, 1.165) is 11.3 Å². The van der Waals surface area contributed by atoms with Gasteiger partial charge in [-0.2, -0.15) is 0 Å². The van der Waals surface area contributed by atoms with Gasteiger partial charge in [-0.1, -0.05) is 11.6 Å². The summed E-state index contributed by atoms with van der Waals surface area (Å²) in [6, 6.07) is 0. The Morgan fingerprint density at radius 3 is 2.64 bits per heavy atom. The van der Waals surface area contributed by atoms with Crippen molar-refractivity contribution >= 4 is 5.88 Å². The molecule has 0 saturated heterocycles. The lowest BCUT2D eigenvalue weighted by Gasteiger charge is -2.24. The van der Waals surface area contributed by atoms with Gasteiger partial charge in [0.25, 0.3) is 0 Å². The van der Waals surface area contributed by atoms with Crippen molar-refractivity contribution in [1.29, 1.82) is 0 Å². The molecule has 1 fully saturated rings. The van der Waals surface area contributed by atoms with Gasteiger partial charge < -0.3 is 10.3 Å². The highest BCUT2D eigenvalue weighted by atomic mass is 16.5. The van der Waals surface area contributed by atoms with E-state index in [1.165, 1.54) is 19.3 Å². The maximum atomic E-state index is 5.62. The van der Waals surface area contributed by atoms with Crippen molar-refractivity contribution in [2.45, 2.75) is 32.1 Å². The molecule has 0 unspecified atom stereocenters. The molecule has 1 aliphatic carbocycles. The highest BCUT2D eigenvalue weighted by Crippen LogP contribution is 2.40. The van der Waals surface area contributed by atoms with Crippen LogP contribution in [-0.2, 0) is 0 Å². The first-order chi connectivity index (χ1) is 5.29. The van der Waals surface area contributed by atoms with Gasteiger partial charge in [0.05, 0.1) is 5.69 Å². The summed E-state index contributed by atoms with van der Waals surface area (Å²) < 4.78 is 4.88. The van der Waals surface area contributed by atoms with Crippen LogP contribution in [0.3, 0.4) is 0 Å². The molecule has 0 bridgehead atoms. The molecular formula is C8H12N2O. The third-order valence-electron chi connectivity index (χ3n) is 2.45. The van der Waals surface area contributed by atoms with E-state index in [9.17, 15) is 0 Å². The lowest BCUT2D eigenvalue weighted by atomic mass is 9.80. The van der Waals surface area contributed by atoms with Gasteiger partial charge in [0.1, 0.15) is 0 Å². The largest absolute Gasteiger partial charge is 0.367 e. The molecule has 2 N–H and O–H groups in total. The van der Waals surface area contributed by atoms with Crippen molar-refractivity contribution in [3.05, 3.63) is 11.3 Å². The van der Waals surface area contributed by atoms with E-state index in [0.29, 0.717) is 11.8 Å². The van der Waals surface area contributed by atoms with Crippen molar-refractivity contribution in [2.75, 3.05) is 5.73 Å². The molecule has 1 aromatic rings. The van der Waals surface area contributed by atoms with E-state index in [1.54, 1.807) is 0 Å². The molecule has 3 heteroatoms. The zero-order valence-corrected chi connectivity index (χ0v) is 6.63. The summed E-state index contributed by atoms with van der Waals surface area (Å²) in [5, 5.41) is 3.82. The zero-order valence-electron chi connectivity index (χ0n) is 6.63. The normalized spacial score (nSPS) is 18.3. The Morgan fingerprint density at radius 1 is 1.55 bits per heavy atom. The molecule has 0 spiro atoms. The van der Waals surface area contributed by atoms with Crippen molar-refractivity contribution in [3.63, 3.8) is 0 Å². The van der Waals surface area contributed by atoms with Crippen LogP contribution in [0.5, 0.6) is 0 Å². The van der Waals surface area contributed by atoms with E-state index in [2.05, 4.69) is 5.16 Å². The van der Waals surface area contributed by atoms with E-state index in [4.69, 9.17) is 10.3 Å². The van der Waals surface area contributed by atoms with Gasteiger partial charge in [0, 0.05) is 5.56 Å². The van der Waals surface area contributed by atoms with Crippen molar-refractivity contribution in [1.82, 2.24) is 5.16 Å². The summed E-state index contributed by atoms with van der Waals surface area (Å²) >= 11 is 0. The SMILES string of the molecule is Cc1noc(N)c1C1CCC1. The predicted octanol–water partition coefficient (Wildman–Crippen LogP) is 1.83. The molecule has 0 atom stereocenters. The minimum atomic E-state index is 0.521. The first kappa shape index (κ1) is 6.70. The van der Waals surface area contributed by atoms with Crippen molar-refractivity contribution in [2.24, 2.45) is 0 Å². The Bertz CT molecular complexity index is 244. The predicted molar refractivity (Wildman–Crippen MR) is 42.2 cm³/mol. The van der Waals surface area contributed by atoms with Gasteiger partial charge in [-0.15, -0.1) is 0 Å².